The molecule has 1 unspecified atom stereocenters. The van der Waals surface area contributed by atoms with Gasteiger partial charge in [0.05, 0.1) is 13.2 Å². The van der Waals surface area contributed by atoms with Crippen molar-refractivity contribution in [2.75, 3.05) is 7.11 Å². The molecule has 1 aromatic carbocycles. The molecule has 1 N–H and O–H groups in total. The highest BCUT2D eigenvalue weighted by Crippen LogP contribution is 2.32. The van der Waals surface area contributed by atoms with Crippen LogP contribution in [-0.2, 0) is 0 Å². The zero-order chi connectivity index (χ0) is 14.1. The third-order valence-electron chi connectivity index (χ3n) is 3.37. The molecular formula is C15H17FN2OS. The Hall–Kier alpha value is -1.46. The van der Waals surface area contributed by atoms with Crippen LogP contribution in [0.2, 0.25) is 0 Å². The van der Waals surface area contributed by atoms with Crippen LogP contribution in [0.4, 0.5) is 4.39 Å². The molecule has 0 amide bonds. The van der Waals surface area contributed by atoms with E-state index in [1.165, 1.54) is 26.0 Å². The zero-order valence-electron chi connectivity index (χ0n) is 11.5. The number of hydrogen-bond donors (Lipinski definition) is 1. The van der Waals surface area contributed by atoms with E-state index in [9.17, 15) is 4.39 Å². The van der Waals surface area contributed by atoms with Gasteiger partial charge in [-0.05, 0) is 37.5 Å². The fourth-order valence-corrected chi connectivity index (χ4v) is 3.04. The van der Waals surface area contributed by atoms with Gasteiger partial charge in [-0.1, -0.05) is 6.07 Å². The summed E-state index contributed by atoms with van der Waals surface area (Å²) >= 11 is 1.61. The molecule has 1 aliphatic rings. The van der Waals surface area contributed by atoms with Gasteiger partial charge in [-0.3, -0.25) is 0 Å². The number of hydrogen-bond acceptors (Lipinski definition) is 4. The molecule has 1 heterocycles. The molecule has 5 heteroatoms. The van der Waals surface area contributed by atoms with Gasteiger partial charge in [0.15, 0.2) is 11.6 Å². The summed E-state index contributed by atoms with van der Waals surface area (Å²) in [5, 5.41) is 6.55. The Morgan fingerprint density at radius 1 is 1.45 bits per heavy atom. The van der Waals surface area contributed by atoms with Gasteiger partial charge in [0, 0.05) is 17.1 Å². The predicted octanol–water partition coefficient (Wildman–Crippen LogP) is 3.44. The van der Waals surface area contributed by atoms with E-state index in [4.69, 9.17) is 4.74 Å². The van der Waals surface area contributed by atoms with Gasteiger partial charge >= 0.3 is 0 Å². The van der Waals surface area contributed by atoms with Gasteiger partial charge in [0.25, 0.3) is 0 Å². The molecule has 1 aliphatic carbocycles. The number of nitrogens with one attached hydrogen (secondary N) is 1. The second kappa shape index (κ2) is 5.50. The molecule has 3 rings (SSSR count). The van der Waals surface area contributed by atoms with Crippen molar-refractivity contribution < 1.29 is 9.13 Å². The second-order valence-electron chi connectivity index (χ2n) is 5.10. The maximum Gasteiger partial charge on any atom is 0.165 e. The van der Waals surface area contributed by atoms with Gasteiger partial charge in [-0.25, -0.2) is 9.37 Å². The fraction of sp³-hybridized carbons (Fsp3) is 0.400. The third-order valence-corrected chi connectivity index (χ3v) is 4.40. The van der Waals surface area contributed by atoms with Crippen molar-refractivity contribution in [3.05, 3.63) is 45.7 Å². The van der Waals surface area contributed by atoms with Crippen molar-refractivity contribution in [2.24, 2.45) is 0 Å². The van der Waals surface area contributed by atoms with Crippen LogP contribution in [0, 0.1) is 12.7 Å². The zero-order valence-corrected chi connectivity index (χ0v) is 12.3. The van der Waals surface area contributed by atoms with E-state index in [0.717, 1.165) is 16.3 Å². The van der Waals surface area contributed by atoms with E-state index in [2.05, 4.69) is 10.3 Å². The molecule has 0 radical (unpaired) electrons. The summed E-state index contributed by atoms with van der Waals surface area (Å²) in [5.41, 5.74) is 1.89. The quantitative estimate of drug-likeness (QED) is 0.916. The lowest BCUT2D eigenvalue weighted by molar-refractivity contribution is 0.385. The lowest BCUT2D eigenvalue weighted by atomic mass is 10.1. The van der Waals surface area contributed by atoms with Crippen LogP contribution in [0.1, 0.15) is 35.1 Å². The van der Waals surface area contributed by atoms with Gasteiger partial charge in [0.1, 0.15) is 5.01 Å². The highest BCUT2D eigenvalue weighted by Gasteiger charge is 2.28. The Balaban J connectivity index is 1.93. The van der Waals surface area contributed by atoms with Crippen molar-refractivity contribution in [2.45, 2.75) is 31.8 Å². The highest BCUT2D eigenvalue weighted by molar-refractivity contribution is 7.09. The SMILES string of the molecule is COc1ccc(C(NC2CC2)c2nc(C)cs2)cc1F. The van der Waals surface area contributed by atoms with Gasteiger partial charge in [0.2, 0.25) is 0 Å². The minimum atomic E-state index is -0.333. The summed E-state index contributed by atoms with van der Waals surface area (Å²) < 4.78 is 18.9. The number of halogens is 1. The lowest BCUT2D eigenvalue weighted by Crippen LogP contribution is -2.24. The Bertz CT molecular complexity index is 610. The van der Waals surface area contributed by atoms with E-state index in [1.54, 1.807) is 17.4 Å². The molecular weight excluding hydrogens is 275 g/mol. The first kappa shape index (κ1) is 13.5. The largest absolute Gasteiger partial charge is 0.494 e. The second-order valence-corrected chi connectivity index (χ2v) is 5.98. The molecule has 1 aromatic heterocycles. The van der Waals surface area contributed by atoms with Crippen LogP contribution in [-0.4, -0.2) is 18.1 Å². The molecule has 0 aliphatic heterocycles. The lowest BCUT2D eigenvalue weighted by Gasteiger charge is -2.17. The predicted molar refractivity (Wildman–Crippen MR) is 77.8 cm³/mol. The van der Waals surface area contributed by atoms with Gasteiger partial charge in [-0.2, -0.15) is 0 Å². The van der Waals surface area contributed by atoms with Crippen LogP contribution in [0.15, 0.2) is 23.6 Å². The molecule has 0 spiro atoms. The van der Waals surface area contributed by atoms with Crippen molar-refractivity contribution in [1.29, 1.82) is 0 Å². The molecule has 1 atom stereocenters. The first-order valence-corrected chi connectivity index (χ1v) is 7.57. The van der Waals surface area contributed by atoms with Crippen LogP contribution >= 0.6 is 11.3 Å². The van der Waals surface area contributed by atoms with Crippen molar-refractivity contribution >= 4 is 11.3 Å². The maximum absolute atomic E-state index is 13.9. The standard InChI is InChI=1S/C15H17FN2OS/c1-9-8-20-15(17-9)14(18-11-4-5-11)10-3-6-13(19-2)12(16)7-10/h3,6-8,11,14,18H,4-5H2,1-2H3. The summed E-state index contributed by atoms with van der Waals surface area (Å²) in [4.78, 5) is 4.54. The molecule has 0 saturated heterocycles. The highest BCUT2D eigenvalue weighted by atomic mass is 32.1. The minimum Gasteiger partial charge on any atom is -0.494 e. The van der Waals surface area contributed by atoms with Gasteiger partial charge in [-0.15, -0.1) is 11.3 Å². The summed E-state index contributed by atoms with van der Waals surface area (Å²) in [6.45, 7) is 1.97. The number of ether oxygens (including phenoxy) is 1. The number of thiazole rings is 1. The van der Waals surface area contributed by atoms with Gasteiger partial charge < -0.3 is 10.1 Å². The maximum atomic E-state index is 13.9. The topological polar surface area (TPSA) is 34.1 Å². The summed E-state index contributed by atoms with van der Waals surface area (Å²) in [5.74, 6) is -0.0601. The van der Waals surface area contributed by atoms with E-state index in [-0.39, 0.29) is 17.6 Å². The fourth-order valence-electron chi connectivity index (χ4n) is 2.16. The third kappa shape index (κ3) is 2.83. The number of nitrogens with zero attached hydrogens (tertiary/aromatic N) is 1. The molecule has 106 valence electrons. The van der Waals surface area contributed by atoms with E-state index in [0.29, 0.717) is 6.04 Å². The van der Waals surface area contributed by atoms with E-state index < -0.39 is 0 Å². The first-order valence-electron chi connectivity index (χ1n) is 6.69. The molecule has 3 nitrogen and oxygen atoms in total. The number of aromatic nitrogens is 1. The average Bonchev–Trinajstić information content (AvgIpc) is 3.16. The Morgan fingerprint density at radius 2 is 2.25 bits per heavy atom. The number of aryl methyl sites for hydroxylation is 1. The molecule has 1 saturated carbocycles. The van der Waals surface area contributed by atoms with Crippen LogP contribution < -0.4 is 10.1 Å². The first-order chi connectivity index (χ1) is 9.67. The van der Waals surface area contributed by atoms with E-state index in [1.807, 2.05) is 18.4 Å². The average molecular weight is 292 g/mol. The van der Waals surface area contributed by atoms with E-state index >= 15 is 0 Å². The normalized spacial score (nSPS) is 16.1. The summed E-state index contributed by atoms with van der Waals surface area (Å²) in [6.07, 6.45) is 2.36. The Morgan fingerprint density at radius 3 is 2.80 bits per heavy atom. The molecule has 2 aromatic rings. The van der Waals surface area contributed by atoms with Crippen LogP contribution in [0.3, 0.4) is 0 Å². The Kier molecular flexibility index (Phi) is 3.72. The summed E-state index contributed by atoms with van der Waals surface area (Å²) in [6, 6.07) is 5.59. The van der Waals surface area contributed by atoms with Crippen molar-refractivity contribution in [3.63, 3.8) is 0 Å². The van der Waals surface area contributed by atoms with Crippen molar-refractivity contribution in [3.8, 4) is 5.75 Å². The number of rotatable bonds is 5. The summed E-state index contributed by atoms with van der Waals surface area (Å²) in [7, 11) is 1.47. The molecule has 1 fully saturated rings. The smallest absolute Gasteiger partial charge is 0.165 e. The monoisotopic (exact) mass is 292 g/mol. The van der Waals surface area contributed by atoms with Crippen LogP contribution in [0.5, 0.6) is 5.75 Å². The number of benzene rings is 1. The number of methoxy groups -OCH3 is 1. The molecule has 20 heavy (non-hydrogen) atoms. The molecule has 0 bridgehead atoms. The van der Waals surface area contributed by atoms with Crippen LogP contribution in [0.25, 0.3) is 0 Å². The van der Waals surface area contributed by atoms with Crippen molar-refractivity contribution in [1.82, 2.24) is 10.3 Å². The Labute approximate surface area is 121 Å². The minimum absolute atomic E-state index is 0.0402.